The van der Waals surface area contributed by atoms with Crippen molar-refractivity contribution >= 4 is 28.8 Å². The van der Waals surface area contributed by atoms with Crippen LogP contribution in [0.4, 0.5) is 5.69 Å². The Morgan fingerprint density at radius 3 is 2.67 bits per heavy atom. The summed E-state index contributed by atoms with van der Waals surface area (Å²) in [6.45, 7) is 2.50. The topological polar surface area (TPSA) is 58.6 Å². The molecular formula is C24H24N2O3S. The highest BCUT2D eigenvalue weighted by Crippen LogP contribution is 2.34. The molecule has 154 valence electrons. The molecule has 0 radical (unpaired) electrons. The number of nitrogens with one attached hydrogen (secondary N) is 1. The fourth-order valence-corrected chi connectivity index (χ4v) is 4.48. The van der Waals surface area contributed by atoms with Gasteiger partial charge < -0.3 is 15.0 Å². The van der Waals surface area contributed by atoms with Crippen LogP contribution >= 0.6 is 11.3 Å². The first-order valence-electron chi connectivity index (χ1n) is 9.93. The van der Waals surface area contributed by atoms with E-state index in [0.717, 1.165) is 33.9 Å². The van der Waals surface area contributed by atoms with Crippen LogP contribution in [-0.4, -0.2) is 25.0 Å². The molecule has 3 aromatic rings. The number of fused-ring (bicyclic) bond motifs is 1. The van der Waals surface area contributed by atoms with Crippen LogP contribution in [0.25, 0.3) is 0 Å². The first kappa shape index (κ1) is 20.2. The van der Waals surface area contributed by atoms with Crippen molar-refractivity contribution in [2.45, 2.75) is 32.4 Å². The number of carbonyl (C=O) groups is 2. The van der Waals surface area contributed by atoms with E-state index in [1.54, 1.807) is 42.7 Å². The van der Waals surface area contributed by atoms with Gasteiger partial charge in [-0.2, -0.15) is 0 Å². The Morgan fingerprint density at radius 1 is 1.17 bits per heavy atom. The van der Waals surface area contributed by atoms with Crippen molar-refractivity contribution in [1.82, 2.24) is 5.32 Å². The van der Waals surface area contributed by atoms with Crippen molar-refractivity contribution in [2.75, 3.05) is 12.0 Å². The normalized spacial score (nSPS) is 15.0. The van der Waals surface area contributed by atoms with Crippen LogP contribution in [-0.2, 0) is 24.2 Å². The van der Waals surface area contributed by atoms with Crippen LogP contribution in [0.2, 0.25) is 0 Å². The number of amides is 2. The summed E-state index contributed by atoms with van der Waals surface area (Å²) in [5, 5.41) is 4.95. The smallest absolute Gasteiger partial charge is 0.258 e. The molecule has 0 spiro atoms. The number of methoxy groups -OCH3 is 1. The SMILES string of the molecule is COc1ccc(C(=O)N2c3cc(CNC(=O)Cc4cccs4)ccc3C[C@@H]2C)cc1. The average Bonchev–Trinajstić information content (AvgIpc) is 3.38. The lowest BCUT2D eigenvalue weighted by Gasteiger charge is -2.23. The van der Waals surface area contributed by atoms with Gasteiger partial charge in [0.1, 0.15) is 5.75 Å². The van der Waals surface area contributed by atoms with Crippen molar-refractivity contribution in [3.05, 3.63) is 81.5 Å². The van der Waals surface area contributed by atoms with Crippen molar-refractivity contribution in [3.63, 3.8) is 0 Å². The highest BCUT2D eigenvalue weighted by atomic mass is 32.1. The number of benzene rings is 2. The summed E-state index contributed by atoms with van der Waals surface area (Å²) >= 11 is 1.58. The lowest BCUT2D eigenvalue weighted by Crippen LogP contribution is -2.35. The molecule has 0 saturated heterocycles. The highest BCUT2D eigenvalue weighted by Gasteiger charge is 2.31. The zero-order chi connectivity index (χ0) is 21.1. The van der Waals surface area contributed by atoms with Crippen LogP contribution in [0, 0.1) is 0 Å². The fourth-order valence-electron chi connectivity index (χ4n) is 3.78. The van der Waals surface area contributed by atoms with E-state index < -0.39 is 0 Å². The molecule has 2 aromatic carbocycles. The van der Waals surface area contributed by atoms with Crippen molar-refractivity contribution in [3.8, 4) is 5.75 Å². The predicted molar refractivity (Wildman–Crippen MR) is 119 cm³/mol. The third-order valence-corrected chi connectivity index (χ3v) is 6.20. The Kier molecular flexibility index (Phi) is 5.86. The quantitative estimate of drug-likeness (QED) is 0.650. The maximum absolute atomic E-state index is 13.2. The Labute approximate surface area is 180 Å². The molecule has 0 unspecified atom stereocenters. The van der Waals surface area contributed by atoms with Crippen LogP contribution in [0.15, 0.2) is 60.0 Å². The molecule has 1 atom stereocenters. The maximum atomic E-state index is 13.2. The van der Waals surface area contributed by atoms with Gasteiger partial charge in [0, 0.05) is 28.7 Å². The molecule has 4 rings (SSSR count). The second-order valence-electron chi connectivity index (χ2n) is 7.45. The van der Waals surface area contributed by atoms with Gasteiger partial charge in [-0.15, -0.1) is 11.3 Å². The van der Waals surface area contributed by atoms with E-state index in [2.05, 4.69) is 18.3 Å². The zero-order valence-electron chi connectivity index (χ0n) is 17.1. The number of nitrogens with zero attached hydrogens (tertiary/aromatic N) is 1. The summed E-state index contributed by atoms with van der Waals surface area (Å²) in [5.74, 6) is 0.697. The minimum atomic E-state index is -0.0252. The number of hydrogen-bond acceptors (Lipinski definition) is 4. The maximum Gasteiger partial charge on any atom is 0.258 e. The third kappa shape index (κ3) is 4.24. The summed E-state index contributed by atoms with van der Waals surface area (Å²) < 4.78 is 5.19. The van der Waals surface area contributed by atoms with E-state index in [9.17, 15) is 9.59 Å². The Bertz CT molecular complexity index is 1040. The molecule has 0 aliphatic carbocycles. The van der Waals surface area contributed by atoms with Crippen molar-refractivity contribution in [1.29, 1.82) is 0 Å². The lowest BCUT2D eigenvalue weighted by molar-refractivity contribution is -0.120. The van der Waals surface area contributed by atoms with Crippen LogP contribution < -0.4 is 15.0 Å². The van der Waals surface area contributed by atoms with Crippen molar-refractivity contribution < 1.29 is 14.3 Å². The molecule has 30 heavy (non-hydrogen) atoms. The van der Waals surface area contributed by atoms with Crippen LogP contribution in [0.3, 0.4) is 0 Å². The van der Waals surface area contributed by atoms with Gasteiger partial charge in [-0.3, -0.25) is 9.59 Å². The van der Waals surface area contributed by atoms with Crippen LogP contribution in [0.1, 0.15) is 33.3 Å². The van der Waals surface area contributed by atoms with Crippen molar-refractivity contribution in [2.24, 2.45) is 0 Å². The minimum Gasteiger partial charge on any atom is -0.497 e. The van der Waals surface area contributed by atoms with Crippen LogP contribution in [0.5, 0.6) is 5.75 Å². The van der Waals surface area contributed by atoms with E-state index in [1.807, 2.05) is 34.5 Å². The van der Waals surface area contributed by atoms with E-state index in [-0.39, 0.29) is 17.9 Å². The molecule has 0 bridgehead atoms. The summed E-state index contributed by atoms with van der Waals surface area (Å²) in [6.07, 6.45) is 1.21. The van der Waals surface area contributed by atoms with Gasteiger partial charge in [0.2, 0.25) is 5.91 Å². The van der Waals surface area contributed by atoms with Gasteiger partial charge in [0.25, 0.3) is 5.91 Å². The van der Waals surface area contributed by atoms with Gasteiger partial charge >= 0.3 is 0 Å². The summed E-state index contributed by atoms with van der Waals surface area (Å²) in [5.41, 5.74) is 3.69. The number of thiophene rings is 1. The summed E-state index contributed by atoms with van der Waals surface area (Å²) in [6, 6.07) is 17.3. The van der Waals surface area contributed by atoms with Gasteiger partial charge in [-0.05, 0) is 66.2 Å². The molecule has 0 saturated carbocycles. The van der Waals surface area contributed by atoms with E-state index in [4.69, 9.17) is 4.74 Å². The van der Waals surface area contributed by atoms with Gasteiger partial charge in [-0.1, -0.05) is 18.2 Å². The standard InChI is InChI=1S/C24H24N2O3S/c1-16-12-19-6-5-17(15-25-23(27)14-21-4-3-11-30-21)13-22(19)26(16)24(28)18-7-9-20(29-2)10-8-18/h3-11,13,16H,12,14-15H2,1-2H3,(H,25,27)/t16-/m0/s1. The second kappa shape index (κ2) is 8.71. The molecule has 6 heteroatoms. The zero-order valence-corrected chi connectivity index (χ0v) is 17.9. The number of rotatable bonds is 6. The number of carbonyl (C=O) groups excluding carboxylic acids is 2. The minimum absolute atomic E-state index is 0.00233. The van der Waals surface area contributed by atoms with Gasteiger partial charge in [0.05, 0.1) is 13.5 Å². The molecule has 1 aliphatic heterocycles. The lowest BCUT2D eigenvalue weighted by atomic mass is 10.1. The highest BCUT2D eigenvalue weighted by molar-refractivity contribution is 7.10. The Balaban J connectivity index is 1.48. The number of ether oxygens (including phenoxy) is 1. The largest absolute Gasteiger partial charge is 0.497 e. The average molecular weight is 421 g/mol. The molecule has 1 N–H and O–H groups in total. The van der Waals surface area contributed by atoms with E-state index >= 15 is 0 Å². The molecule has 0 fully saturated rings. The first-order valence-corrected chi connectivity index (χ1v) is 10.8. The van der Waals surface area contributed by atoms with E-state index in [1.165, 1.54) is 0 Å². The summed E-state index contributed by atoms with van der Waals surface area (Å²) in [7, 11) is 1.61. The number of anilines is 1. The third-order valence-electron chi connectivity index (χ3n) is 5.33. The molecule has 1 aliphatic rings. The monoisotopic (exact) mass is 420 g/mol. The molecule has 1 aromatic heterocycles. The molecular weight excluding hydrogens is 396 g/mol. The first-order chi connectivity index (χ1) is 14.5. The fraction of sp³-hybridized carbons (Fsp3) is 0.250. The molecule has 2 heterocycles. The predicted octanol–water partition coefficient (Wildman–Crippen LogP) is 4.21. The van der Waals surface area contributed by atoms with Gasteiger partial charge in [-0.25, -0.2) is 0 Å². The second-order valence-corrected chi connectivity index (χ2v) is 8.48. The Morgan fingerprint density at radius 2 is 1.97 bits per heavy atom. The van der Waals surface area contributed by atoms with Gasteiger partial charge in [0.15, 0.2) is 0 Å². The van der Waals surface area contributed by atoms with E-state index in [0.29, 0.717) is 18.5 Å². The number of hydrogen-bond donors (Lipinski definition) is 1. The summed E-state index contributed by atoms with van der Waals surface area (Å²) in [4.78, 5) is 28.3. The Hall–Kier alpha value is -3.12. The molecule has 5 nitrogen and oxygen atoms in total. The molecule has 2 amide bonds.